The van der Waals surface area contributed by atoms with Crippen molar-refractivity contribution in [3.8, 4) is 0 Å². The van der Waals surface area contributed by atoms with E-state index in [0.717, 1.165) is 24.9 Å². The van der Waals surface area contributed by atoms with Crippen molar-refractivity contribution in [2.75, 3.05) is 11.4 Å². The van der Waals surface area contributed by atoms with E-state index in [-0.39, 0.29) is 5.78 Å². The Labute approximate surface area is 97.3 Å². The Morgan fingerprint density at radius 2 is 2.25 bits per heavy atom. The summed E-state index contributed by atoms with van der Waals surface area (Å²) in [5.41, 5.74) is 3.48. The molecular formula is C14H19NO. The lowest BCUT2D eigenvalue weighted by atomic mass is 10.1. The molecule has 1 atom stereocenters. The van der Waals surface area contributed by atoms with Crippen molar-refractivity contribution in [1.82, 2.24) is 0 Å². The molecular weight excluding hydrogens is 198 g/mol. The fourth-order valence-corrected chi connectivity index (χ4v) is 2.32. The Bertz CT molecular complexity index is 411. The van der Waals surface area contributed by atoms with Gasteiger partial charge in [-0.1, -0.05) is 6.92 Å². The number of rotatable bonds is 3. The zero-order valence-corrected chi connectivity index (χ0v) is 10.3. The van der Waals surface area contributed by atoms with Crippen LogP contribution >= 0.6 is 0 Å². The molecule has 0 aromatic heterocycles. The number of anilines is 1. The van der Waals surface area contributed by atoms with Crippen LogP contribution < -0.4 is 4.90 Å². The highest BCUT2D eigenvalue weighted by atomic mass is 16.1. The average Bonchev–Trinajstić information content (AvgIpc) is 2.70. The fourth-order valence-electron chi connectivity index (χ4n) is 2.32. The van der Waals surface area contributed by atoms with Crippen molar-refractivity contribution in [3.63, 3.8) is 0 Å². The number of Topliss-reactive ketones (excluding diaryl/α,β-unsaturated/α-hetero) is 1. The number of carbonyl (C=O) groups is 1. The Kier molecular flexibility index (Phi) is 2.99. The van der Waals surface area contributed by atoms with E-state index in [0.29, 0.717) is 6.04 Å². The number of fused-ring (bicyclic) bond motifs is 1. The summed E-state index contributed by atoms with van der Waals surface area (Å²) in [6.07, 6.45) is 2.23. The number of hydrogen-bond donors (Lipinski definition) is 0. The molecule has 0 radical (unpaired) electrons. The molecule has 0 amide bonds. The molecule has 1 aromatic carbocycles. The Balaban J connectivity index is 2.32. The molecule has 0 saturated carbocycles. The van der Waals surface area contributed by atoms with Gasteiger partial charge in [0.2, 0.25) is 0 Å². The molecule has 1 unspecified atom stereocenters. The highest BCUT2D eigenvalue weighted by Crippen LogP contribution is 2.31. The molecule has 0 saturated heterocycles. The topological polar surface area (TPSA) is 20.3 Å². The van der Waals surface area contributed by atoms with Crippen molar-refractivity contribution in [2.24, 2.45) is 0 Å². The van der Waals surface area contributed by atoms with Gasteiger partial charge in [0.25, 0.3) is 0 Å². The van der Waals surface area contributed by atoms with Crippen LogP contribution in [0.15, 0.2) is 18.2 Å². The van der Waals surface area contributed by atoms with E-state index in [1.165, 1.54) is 11.3 Å². The van der Waals surface area contributed by atoms with Gasteiger partial charge in [-0.25, -0.2) is 0 Å². The number of nitrogens with zero attached hydrogens (tertiary/aromatic N) is 1. The van der Waals surface area contributed by atoms with Crippen LogP contribution in [0.5, 0.6) is 0 Å². The van der Waals surface area contributed by atoms with Crippen LogP contribution in [0.2, 0.25) is 0 Å². The van der Waals surface area contributed by atoms with Gasteiger partial charge >= 0.3 is 0 Å². The van der Waals surface area contributed by atoms with Gasteiger partial charge in [0.15, 0.2) is 5.78 Å². The SMILES string of the molecule is CCC(C)N1CCc2cc(C(C)=O)ccc21. The molecule has 1 aliphatic rings. The largest absolute Gasteiger partial charge is 0.368 e. The van der Waals surface area contributed by atoms with E-state index < -0.39 is 0 Å². The lowest BCUT2D eigenvalue weighted by Gasteiger charge is -2.26. The second kappa shape index (κ2) is 4.28. The van der Waals surface area contributed by atoms with Crippen molar-refractivity contribution in [2.45, 2.75) is 39.7 Å². The molecule has 0 spiro atoms. The maximum atomic E-state index is 11.3. The molecule has 2 nitrogen and oxygen atoms in total. The summed E-state index contributed by atoms with van der Waals surface area (Å²) in [5, 5.41) is 0. The molecule has 0 bridgehead atoms. The van der Waals surface area contributed by atoms with Gasteiger partial charge < -0.3 is 4.90 Å². The van der Waals surface area contributed by atoms with E-state index >= 15 is 0 Å². The molecule has 2 rings (SSSR count). The van der Waals surface area contributed by atoms with E-state index in [1.54, 1.807) is 6.92 Å². The van der Waals surface area contributed by atoms with E-state index in [1.807, 2.05) is 6.07 Å². The number of benzene rings is 1. The van der Waals surface area contributed by atoms with E-state index in [4.69, 9.17) is 0 Å². The standard InChI is InChI=1S/C14H19NO/c1-4-10(2)15-8-7-13-9-12(11(3)16)5-6-14(13)15/h5-6,9-10H,4,7-8H2,1-3H3. The third kappa shape index (κ3) is 1.84. The highest BCUT2D eigenvalue weighted by molar-refractivity contribution is 5.94. The Hall–Kier alpha value is -1.31. The van der Waals surface area contributed by atoms with E-state index in [9.17, 15) is 4.79 Å². The van der Waals surface area contributed by atoms with Gasteiger partial charge in [0.1, 0.15) is 0 Å². The summed E-state index contributed by atoms with van der Waals surface area (Å²) in [6.45, 7) is 7.19. The monoisotopic (exact) mass is 217 g/mol. The summed E-state index contributed by atoms with van der Waals surface area (Å²) in [6, 6.07) is 6.69. The summed E-state index contributed by atoms with van der Waals surface area (Å²) in [4.78, 5) is 13.7. The van der Waals surface area contributed by atoms with Crippen LogP contribution in [0.25, 0.3) is 0 Å². The third-order valence-electron chi connectivity index (χ3n) is 3.54. The second-order valence-corrected chi connectivity index (χ2v) is 4.60. The molecule has 86 valence electrons. The predicted octanol–water partition coefficient (Wildman–Crippen LogP) is 3.05. The first-order valence-electron chi connectivity index (χ1n) is 6.04. The van der Waals surface area contributed by atoms with Gasteiger partial charge in [0.05, 0.1) is 0 Å². The van der Waals surface area contributed by atoms with Gasteiger partial charge in [0, 0.05) is 23.8 Å². The zero-order valence-electron chi connectivity index (χ0n) is 10.3. The molecule has 1 heterocycles. The third-order valence-corrected chi connectivity index (χ3v) is 3.54. The summed E-state index contributed by atoms with van der Waals surface area (Å²) in [7, 11) is 0. The lowest BCUT2D eigenvalue weighted by molar-refractivity contribution is 0.101. The van der Waals surface area contributed by atoms with Crippen molar-refractivity contribution in [3.05, 3.63) is 29.3 Å². The molecule has 0 aliphatic carbocycles. The first-order valence-corrected chi connectivity index (χ1v) is 6.04. The van der Waals surface area contributed by atoms with Crippen LogP contribution in [0.3, 0.4) is 0 Å². The molecule has 2 heteroatoms. The molecule has 0 N–H and O–H groups in total. The van der Waals surface area contributed by atoms with Gasteiger partial charge in [-0.15, -0.1) is 0 Å². The minimum absolute atomic E-state index is 0.157. The zero-order chi connectivity index (χ0) is 11.7. The first kappa shape index (κ1) is 11.2. The fraction of sp³-hybridized carbons (Fsp3) is 0.500. The van der Waals surface area contributed by atoms with Crippen LogP contribution in [-0.2, 0) is 6.42 Å². The van der Waals surface area contributed by atoms with E-state index in [2.05, 4.69) is 30.9 Å². The number of hydrogen-bond acceptors (Lipinski definition) is 2. The highest BCUT2D eigenvalue weighted by Gasteiger charge is 2.22. The second-order valence-electron chi connectivity index (χ2n) is 4.60. The quantitative estimate of drug-likeness (QED) is 0.725. The van der Waals surface area contributed by atoms with Crippen LogP contribution in [-0.4, -0.2) is 18.4 Å². The molecule has 1 aliphatic heterocycles. The Morgan fingerprint density at radius 1 is 1.50 bits per heavy atom. The maximum absolute atomic E-state index is 11.3. The smallest absolute Gasteiger partial charge is 0.159 e. The summed E-state index contributed by atoms with van der Waals surface area (Å²) in [5.74, 6) is 0.157. The molecule has 0 fully saturated rings. The number of ketones is 1. The summed E-state index contributed by atoms with van der Waals surface area (Å²) < 4.78 is 0. The van der Waals surface area contributed by atoms with Gasteiger partial charge in [-0.3, -0.25) is 4.79 Å². The first-order chi connectivity index (χ1) is 7.63. The van der Waals surface area contributed by atoms with Crippen LogP contribution in [0, 0.1) is 0 Å². The lowest BCUT2D eigenvalue weighted by Crippen LogP contribution is -2.30. The normalized spacial score (nSPS) is 16.1. The van der Waals surface area contributed by atoms with Crippen molar-refractivity contribution >= 4 is 11.5 Å². The maximum Gasteiger partial charge on any atom is 0.159 e. The average molecular weight is 217 g/mol. The van der Waals surface area contributed by atoms with Crippen molar-refractivity contribution in [1.29, 1.82) is 0 Å². The molecule has 1 aromatic rings. The van der Waals surface area contributed by atoms with Crippen LogP contribution in [0.4, 0.5) is 5.69 Å². The minimum atomic E-state index is 0.157. The molecule has 16 heavy (non-hydrogen) atoms. The van der Waals surface area contributed by atoms with Gasteiger partial charge in [-0.2, -0.15) is 0 Å². The van der Waals surface area contributed by atoms with Crippen LogP contribution in [0.1, 0.15) is 43.1 Å². The predicted molar refractivity (Wildman–Crippen MR) is 67.2 cm³/mol. The summed E-state index contributed by atoms with van der Waals surface area (Å²) >= 11 is 0. The number of carbonyl (C=O) groups excluding carboxylic acids is 1. The van der Waals surface area contributed by atoms with Crippen molar-refractivity contribution < 1.29 is 4.79 Å². The Morgan fingerprint density at radius 3 is 2.88 bits per heavy atom. The minimum Gasteiger partial charge on any atom is -0.368 e. The van der Waals surface area contributed by atoms with Gasteiger partial charge in [-0.05, 0) is 50.5 Å².